The summed E-state index contributed by atoms with van der Waals surface area (Å²) in [6.07, 6.45) is -2.96. The lowest BCUT2D eigenvalue weighted by Gasteiger charge is -2.20. The number of benzene rings is 4. The fourth-order valence-corrected chi connectivity index (χ4v) is 6.14. The Labute approximate surface area is 257 Å². The molecule has 0 N–H and O–H groups in total. The van der Waals surface area contributed by atoms with Crippen LogP contribution in [-0.4, -0.2) is 38.2 Å². The molecule has 8 rings (SSSR count). The van der Waals surface area contributed by atoms with Gasteiger partial charge in [-0.15, -0.1) is 0 Å². The van der Waals surface area contributed by atoms with Crippen LogP contribution in [0.3, 0.4) is 0 Å². The monoisotopic (exact) mass is 617 g/mol. The number of hydrogen-bond acceptors (Lipinski definition) is 6. The lowest BCUT2D eigenvalue weighted by atomic mass is 10.1. The standard InChI is InChI=1S/C34H18F3N5O4/c35-34(36,37)24-12-6-1-7-18(24)17-40-16-15-23-26(40)14-13-25-27(23)28(41-29(43)19-8-2-3-9-20(19)30(41)44)39-33(38-25)42-31(45)21-10-4-5-11-22(21)32(42)46/h1-16H,17H2. The number of nitrogens with zero attached hydrogens (tertiary/aromatic N) is 5. The first-order valence-corrected chi connectivity index (χ1v) is 14.0. The molecule has 46 heavy (non-hydrogen) atoms. The normalized spacial score (nSPS) is 14.6. The van der Waals surface area contributed by atoms with Crippen LogP contribution in [-0.2, 0) is 12.7 Å². The zero-order chi connectivity index (χ0) is 31.9. The van der Waals surface area contributed by atoms with Crippen LogP contribution < -0.4 is 9.80 Å². The van der Waals surface area contributed by atoms with E-state index in [2.05, 4.69) is 9.97 Å². The number of amides is 4. The maximum Gasteiger partial charge on any atom is 0.416 e. The first-order chi connectivity index (χ1) is 22.1. The molecule has 0 spiro atoms. The summed E-state index contributed by atoms with van der Waals surface area (Å²) in [6.45, 7) is -0.124. The van der Waals surface area contributed by atoms with Gasteiger partial charge in [0, 0.05) is 23.6 Å². The molecule has 9 nitrogen and oxygen atoms in total. The van der Waals surface area contributed by atoms with Gasteiger partial charge in [-0.1, -0.05) is 42.5 Å². The maximum absolute atomic E-state index is 13.8. The van der Waals surface area contributed by atoms with Crippen molar-refractivity contribution in [3.63, 3.8) is 0 Å². The Morgan fingerprint density at radius 1 is 0.609 bits per heavy atom. The molecule has 0 aliphatic carbocycles. The molecule has 2 aliphatic heterocycles. The van der Waals surface area contributed by atoms with Crippen LogP contribution in [0.1, 0.15) is 52.6 Å². The smallest absolute Gasteiger partial charge is 0.343 e. The van der Waals surface area contributed by atoms with Crippen molar-refractivity contribution in [3.8, 4) is 0 Å². The summed E-state index contributed by atoms with van der Waals surface area (Å²) in [5.74, 6) is -3.15. The highest BCUT2D eigenvalue weighted by atomic mass is 19.4. The van der Waals surface area contributed by atoms with Crippen molar-refractivity contribution >= 4 is 57.2 Å². The third-order valence-corrected chi connectivity index (χ3v) is 8.24. The lowest BCUT2D eigenvalue weighted by molar-refractivity contribution is -0.138. The second-order valence-corrected chi connectivity index (χ2v) is 10.8. The molecule has 224 valence electrons. The van der Waals surface area contributed by atoms with E-state index in [1.807, 2.05) is 0 Å². The Balaban J connectivity index is 1.34. The van der Waals surface area contributed by atoms with Gasteiger partial charge in [-0.05, 0) is 54.1 Å². The molecule has 0 bridgehead atoms. The molecule has 4 amide bonds. The van der Waals surface area contributed by atoms with Crippen molar-refractivity contribution in [2.75, 3.05) is 9.80 Å². The molecule has 4 heterocycles. The van der Waals surface area contributed by atoms with Crippen LogP contribution in [0.5, 0.6) is 0 Å². The summed E-state index contributed by atoms with van der Waals surface area (Å²) in [4.78, 5) is 64.8. The minimum Gasteiger partial charge on any atom is -0.343 e. The lowest BCUT2D eigenvalue weighted by Crippen LogP contribution is -2.34. The Morgan fingerprint density at radius 3 is 1.74 bits per heavy atom. The van der Waals surface area contributed by atoms with Crippen molar-refractivity contribution in [2.45, 2.75) is 12.7 Å². The van der Waals surface area contributed by atoms with Crippen molar-refractivity contribution in [2.24, 2.45) is 0 Å². The van der Waals surface area contributed by atoms with Crippen LogP contribution in [0.15, 0.2) is 97.2 Å². The topological polar surface area (TPSA) is 105 Å². The summed E-state index contributed by atoms with van der Waals surface area (Å²) in [5.41, 5.74) is 0.581. The molecule has 0 saturated heterocycles. The average Bonchev–Trinajstić information content (AvgIpc) is 3.66. The number of halogens is 3. The fourth-order valence-electron chi connectivity index (χ4n) is 6.14. The second-order valence-electron chi connectivity index (χ2n) is 10.8. The predicted octanol–water partition coefficient (Wildman–Crippen LogP) is 6.25. The molecule has 2 aliphatic rings. The number of anilines is 2. The summed E-state index contributed by atoms with van der Waals surface area (Å²) < 4.78 is 42.9. The van der Waals surface area contributed by atoms with E-state index in [0.29, 0.717) is 10.9 Å². The molecule has 0 fully saturated rings. The number of carbonyl (C=O) groups is 4. The molecule has 12 heteroatoms. The van der Waals surface area contributed by atoms with E-state index in [1.165, 1.54) is 42.5 Å². The minimum absolute atomic E-state index is 0.0467. The number of fused-ring (bicyclic) bond motifs is 5. The molecule has 0 unspecified atom stereocenters. The average molecular weight is 618 g/mol. The Bertz CT molecular complexity index is 2280. The predicted molar refractivity (Wildman–Crippen MR) is 161 cm³/mol. The van der Waals surface area contributed by atoms with Gasteiger partial charge in [0.15, 0.2) is 5.82 Å². The summed E-state index contributed by atoms with van der Waals surface area (Å²) in [7, 11) is 0. The molecular formula is C34H18F3N5O4. The number of rotatable bonds is 4. The fraction of sp³-hybridized carbons (Fsp3) is 0.0588. The second kappa shape index (κ2) is 9.66. The molecule has 0 atom stereocenters. The van der Waals surface area contributed by atoms with Crippen LogP contribution in [0, 0.1) is 0 Å². The van der Waals surface area contributed by atoms with Gasteiger partial charge in [0.05, 0.1) is 38.7 Å². The largest absolute Gasteiger partial charge is 0.416 e. The molecule has 0 saturated carbocycles. The van der Waals surface area contributed by atoms with Crippen LogP contribution in [0.4, 0.5) is 24.9 Å². The highest BCUT2D eigenvalue weighted by molar-refractivity contribution is 6.37. The van der Waals surface area contributed by atoms with Gasteiger partial charge in [0.25, 0.3) is 23.6 Å². The number of carbonyl (C=O) groups excluding carboxylic acids is 4. The van der Waals surface area contributed by atoms with Crippen molar-refractivity contribution in [1.29, 1.82) is 0 Å². The zero-order valence-electron chi connectivity index (χ0n) is 23.4. The van der Waals surface area contributed by atoms with Gasteiger partial charge in [-0.3, -0.25) is 19.2 Å². The van der Waals surface area contributed by atoms with Gasteiger partial charge in [-0.2, -0.15) is 18.2 Å². The van der Waals surface area contributed by atoms with Crippen LogP contribution >= 0.6 is 0 Å². The Hall–Kier alpha value is -6.17. The highest BCUT2D eigenvalue weighted by Gasteiger charge is 2.42. The van der Waals surface area contributed by atoms with Gasteiger partial charge >= 0.3 is 6.18 Å². The molecular weight excluding hydrogens is 599 g/mol. The van der Waals surface area contributed by atoms with E-state index >= 15 is 0 Å². The number of alkyl halides is 3. The van der Waals surface area contributed by atoms with Crippen LogP contribution in [0.2, 0.25) is 0 Å². The summed E-state index contributed by atoms with van der Waals surface area (Å²) in [5, 5.41) is 0.692. The van der Waals surface area contributed by atoms with Crippen molar-refractivity contribution < 1.29 is 32.3 Å². The first-order valence-electron chi connectivity index (χ1n) is 14.0. The molecule has 0 radical (unpaired) electrons. The van der Waals surface area contributed by atoms with E-state index in [1.54, 1.807) is 53.2 Å². The third kappa shape index (κ3) is 3.89. The molecule has 4 aromatic carbocycles. The third-order valence-electron chi connectivity index (χ3n) is 8.24. The Morgan fingerprint density at radius 2 is 1.15 bits per heavy atom. The van der Waals surface area contributed by atoms with Crippen molar-refractivity contribution in [3.05, 3.63) is 131 Å². The Kier molecular flexibility index (Phi) is 5.75. The number of aromatic nitrogens is 3. The van der Waals surface area contributed by atoms with E-state index in [0.717, 1.165) is 15.9 Å². The molecule has 2 aromatic heterocycles. The number of imide groups is 2. The number of hydrogen-bond donors (Lipinski definition) is 0. The maximum atomic E-state index is 13.8. The highest BCUT2D eigenvalue weighted by Crippen LogP contribution is 2.39. The van der Waals surface area contributed by atoms with E-state index in [-0.39, 0.29) is 57.0 Å². The molecule has 6 aromatic rings. The van der Waals surface area contributed by atoms with E-state index in [4.69, 9.17) is 0 Å². The van der Waals surface area contributed by atoms with Gasteiger partial charge in [-0.25, -0.2) is 14.8 Å². The zero-order valence-corrected chi connectivity index (χ0v) is 23.4. The van der Waals surface area contributed by atoms with Gasteiger partial charge in [0.1, 0.15) is 0 Å². The van der Waals surface area contributed by atoms with Gasteiger partial charge in [0.2, 0.25) is 5.95 Å². The first kappa shape index (κ1) is 27.4. The quantitative estimate of drug-likeness (QED) is 0.217. The summed E-state index contributed by atoms with van der Waals surface area (Å²) in [6, 6.07) is 22.6. The SMILES string of the molecule is O=C1c2ccccc2C(=O)N1c1nc(N2C(=O)c3ccccc3C2=O)c2c(ccc3c2ccn3Cc2ccccc2C(F)(F)F)n1. The van der Waals surface area contributed by atoms with E-state index < -0.39 is 35.4 Å². The van der Waals surface area contributed by atoms with Gasteiger partial charge < -0.3 is 4.57 Å². The van der Waals surface area contributed by atoms with E-state index in [9.17, 15) is 32.3 Å². The van der Waals surface area contributed by atoms with Crippen molar-refractivity contribution in [1.82, 2.24) is 14.5 Å². The van der Waals surface area contributed by atoms with Crippen LogP contribution in [0.25, 0.3) is 21.8 Å². The minimum atomic E-state index is -4.56. The summed E-state index contributed by atoms with van der Waals surface area (Å²) >= 11 is 0.